The lowest BCUT2D eigenvalue weighted by molar-refractivity contribution is -0.159. The third-order valence-corrected chi connectivity index (χ3v) is 4.83. The molecule has 1 aliphatic heterocycles. The first-order valence-electron chi connectivity index (χ1n) is 8.87. The standard InChI is InChI=1S/C18H17F4NO.C2H2O4.H2O/c19-14-3-1-12(9-16(14)21)18(24,11-5-7-23-8-6-11)13-2-4-15(20)17(22)10-13;3-1(4)2(5)6;/h1-4,9-11,23-24H,5-8H2;(H,3,4)(H,5,6);1H2. The van der Waals surface area contributed by atoms with Crippen LogP contribution in [-0.2, 0) is 15.2 Å². The van der Waals surface area contributed by atoms with Crippen molar-refractivity contribution in [1.29, 1.82) is 0 Å². The van der Waals surface area contributed by atoms with Gasteiger partial charge in [-0.3, -0.25) is 0 Å². The van der Waals surface area contributed by atoms with E-state index < -0.39 is 40.8 Å². The average Bonchev–Trinajstić information content (AvgIpc) is 2.72. The van der Waals surface area contributed by atoms with Gasteiger partial charge in [0, 0.05) is 0 Å². The predicted octanol–water partition coefficient (Wildman–Crippen LogP) is 1.81. The number of benzene rings is 2. The summed E-state index contributed by atoms with van der Waals surface area (Å²) in [5.41, 5.74) is -1.48. The van der Waals surface area contributed by atoms with Crippen molar-refractivity contribution in [2.75, 3.05) is 13.1 Å². The van der Waals surface area contributed by atoms with Crippen LogP contribution in [0.1, 0.15) is 24.0 Å². The molecule has 2 aromatic rings. The Morgan fingerprint density at radius 1 is 0.806 bits per heavy atom. The van der Waals surface area contributed by atoms with E-state index in [9.17, 15) is 22.7 Å². The Bertz CT molecular complexity index is 870. The lowest BCUT2D eigenvalue weighted by Crippen LogP contribution is -2.42. The summed E-state index contributed by atoms with van der Waals surface area (Å²) in [6.07, 6.45) is 1.13. The number of halogens is 4. The van der Waals surface area contributed by atoms with Gasteiger partial charge in [0.05, 0.1) is 0 Å². The number of nitrogens with one attached hydrogen (secondary N) is 1. The van der Waals surface area contributed by atoms with Gasteiger partial charge in [0.2, 0.25) is 0 Å². The first-order valence-corrected chi connectivity index (χ1v) is 8.87. The van der Waals surface area contributed by atoms with Crippen LogP contribution in [0, 0.1) is 29.2 Å². The fourth-order valence-electron chi connectivity index (χ4n) is 3.34. The Balaban J connectivity index is 0.000000607. The molecule has 0 bridgehead atoms. The number of carbonyl (C=O) groups is 2. The van der Waals surface area contributed by atoms with Crippen LogP contribution in [0.3, 0.4) is 0 Å². The molecule has 11 heteroatoms. The van der Waals surface area contributed by atoms with Crippen LogP contribution in [0.25, 0.3) is 0 Å². The highest BCUT2D eigenvalue weighted by Gasteiger charge is 2.41. The Morgan fingerprint density at radius 3 is 1.52 bits per heavy atom. The van der Waals surface area contributed by atoms with Gasteiger partial charge in [0.15, 0.2) is 23.3 Å². The van der Waals surface area contributed by atoms with Crippen LogP contribution in [0.2, 0.25) is 0 Å². The van der Waals surface area contributed by atoms with Crippen molar-refractivity contribution < 1.29 is 47.9 Å². The molecule has 31 heavy (non-hydrogen) atoms. The number of carboxylic acid groups (broad SMARTS) is 2. The Hall–Kier alpha value is -3.02. The zero-order valence-electron chi connectivity index (χ0n) is 16.0. The molecule has 0 unspecified atom stereocenters. The van der Waals surface area contributed by atoms with Crippen LogP contribution >= 0.6 is 0 Å². The van der Waals surface area contributed by atoms with E-state index in [4.69, 9.17) is 19.8 Å². The zero-order valence-corrected chi connectivity index (χ0v) is 16.0. The maximum atomic E-state index is 13.7. The minimum absolute atomic E-state index is 0. The summed E-state index contributed by atoms with van der Waals surface area (Å²) in [5.74, 6) is -8.24. The second-order valence-corrected chi connectivity index (χ2v) is 6.66. The summed E-state index contributed by atoms with van der Waals surface area (Å²) in [6.45, 7) is 1.28. The molecule has 0 amide bonds. The van der Waals surface area contributed by atoms with Gasteiger partial charge < -0.3 is 26.1 Å². The first-order chi connectivity index (χ1) is 14.1. The lowest BCUT2D eigenvalue weighted by Gasteiger charge is -2.39. The average molecular weight is 447 g/mol. The Kier molecular flexibility index (Phi) is 9.10. The fraction of sp³-hybridized carbons (Fsp3) is 0.300. The van der Waals surface area contributed by atoms with Gasteiger partial charge in [0.1, 0.15) is 5.60 Å². The number of aliphatic carboxylic acids is 2. The molecular weight excluding hydrogens is 426 g/mol. The summed E-state index contributed by atoms with van der Waals surface area (Å²) >= 11 is 0. The molecule has 6 N–H and O–H groups in total. The summed E-state index contributed by atoms with van der Waals surface area (Å²) < 4.78 is 54.0. The van der Waals surface area contributed by atoms with Crippen molar-refractivity contribution in [3.05, 3.63) is 70.8 Å². The molecule has 0 atom stereocenters. The topological polar surface area (TPSA) is 138 Å². The Morgan fingerprint density at radius 2 is 1.19 bits per heavy atom. The van der Waals surface area contributed by atoms with Crippen LogP contribution < -0.4 is 5.32 Å². The van der Waals surface area contributed by atoms with Crippen molar-refractivity contribution in [2.24, 2.45) is 5.92 Å². The second kappa shape index (κ2) is 10.8. The molecule has 7 nitrogen and oxygen atoms in total. The van der Waals surface area contributed by atoms with Crippen molar-refractivity contribution in [1.82, 2.24) is 5.32 Å². The molecule has 170 valence electrons. The highest BCUT2D eigenvalue weighted by Crippen LogP contribution is 2.41. The molecule has 1 fully saturated rings. The zero-order chi connectivity index (χ0) is 22.5. The first kappa shape index (κ1) is 26.0. The molecule has 0 spiro atoms. The van der Waals surface area contributed by atoms with Gasteiger partial charge in [0.25, 0.3) is 0 Å². The van der Waals surface area contributed by atoms with E-state index in [0.717, 1.165) is 24.3 Å². The number of piperidine rings is 1. The third kappa shape index (κ3) is 6.00. The van der Waals surface area contributed by atoms with Crippen molar-refractivity contribution in [3.63, 3.8) is 0 Å². The quantitative estimate of drug-likeness (QED) is 0.418. The lowest BCUT2D eigenvalue weighted by atomic mass is 9.72. The molecule has 0 radical (unpaired) electrons. The molecule has 0 aromatic heterocycles. The van der Waals surface area contributed by atoms with Crippen molar-refractivity contribution >= 4 is 11.9 Å². The summed E-state index contributed by atoms with van der Waals surface area (Å²) in [4.78, 5) is 18.2. The van der Waals surface area contributed by atoms with Gasteiger partial charge in [-0.15, -0.1) is 0 Å². The van der Waals surface area contributed by atoms with Crippen molar-refractivity contribution in [3.8, 4) is 0 Å². The minimum atomic E-state index is -1.82. The van der Waals surface area contributed by atoms with Gasteiger partial charge >= 0.3 is 11.9 Å². The van der Waals surface area contributed by atoms with E-state index in [0.29, 0.717) is 25.9 Å². The summed E-state index contributed by atoms with van der Waals surface area (Å²) in [7, 11) is 0. The minimum Gasteiger partial charge on any atom is -0.473 e. The maximum Gasteiger partial charge on any atom is 0.414 e. The molecule has 0 aliphatic carbocycles. The molecule has 1 saturated heterocycles. The normalized spacial score (nSPS) is 14.1. The van der Waals surface area contributed by atoms with E-state index in [1.807, 2.05) is 0 Å². The second-order valence-electron chi connectivity index (χ2n) is 6.66. The molecule has 1 aliphatic rings. The third-order valence-electron chi connectivity index (χ3n) is 4.83. The fourth-order valence-corrected chi connectivity index (χ4v) is 3.34. The number of carboxylic acids is 2. The Labute approximate surface area is 174 Å². The molecule has 1 heterocycles. The molecular formula is C20H21F4NO6. The highest BCUT2D eigenvalue weighted by molar-refractivity contribution is 6.27. The number of hydrogen-bond acceptors (Lipinski definition) is 4. The molecule has 3 rings (SSSR count). The van der Waals surface area contributed by atoms with E-state index >= 15 is 0 Å². The summed E-state index contributed by atoms with van der Waals surface area (Å²) in [6, 6.07) is 6.24. The SMILES string of the molecule is O.O=C(O)C(=O)O.OC(c1ccc(F)c(F)c1)(c1ccc(F)c(F)c1)C1CCNCC1. The monoisotopic (exact) mass is 447 g/mol. The van der Waals surface area contributed by atoms with Gasteiger partial charge in [-0.25, -0.2) is 27.2 Å². The largest absolute Gasteiger partial charge is 0.473 e. The number of aliphatic hydroxyl groups is 1. The van der Waals surface area contributed by atoms with Crippen molar-refractivity contribution in [2.45, 2.75) is 18.4 Å². The van der Waals surface area contributed by atoms with Crippen LogP contribution in [-0.4, -0.2) is 45.8 Å². The van der Waals surface area contributed by atoms with E-state index in [2.05, 4.69) is 5.32 Å². The highest BCUT2D eigenvalue weighted by atomic mass is 19.2. The van der Waals surface area contributed by atoms with Gasteiger partial charge in [-0.1, -0.05) is 12.1 Å². The smallest absolute Gasteiger partial charge is 0.414 e. The van der Waals surface area contributed by atoms with Crippen LogP contribution in [0.4, 0.5) is 17.6 Å². The maximum absolute atomic E-state index is 13.7. The number of rotatable bonds is 3. The van der Waals surface area contributed by atoms with Gasteiger partial charge in [-0.05, 0) is 67.2 Å². The van der Waals surface area contributed by atoms with Crippen LogP contribution in [0.15, 0.2) is 36.4 Å². The van der Waals surface area contributed by atoms with E-state index in [-0.39, 0.29) is 22.5 Å². The van der Waals surface area contributed by atoms with Crippen LogP contribution in [0.5, 0.6) is 0 Å². The predicted molar refractivity (Wildman–Crippen MR) is 100 cm³/mol. The molecule has 2 aromatic carbocycles. The molecule has 0 saturated carbocycles. The van der Waals surface area contributed by atoms with E-state index in [1.54, 1.807) is 0 Å². The van der Waals surface area contributed by atoms with E-state index in [1.165, 1.54) is 12.1 Å². The number of hydrogen-bond donors (Lipinski definition) is 4. The summed E-state index contributed by atoms with van der Waals surface area (Å²) in [5, 5.41) is 29.3. The van der Waals surface area contributed by atoms with Gasteiger partial charge in [-0.2, -0.15) is 0 Å².